The van der Waals surface area contributed by atoms with Crippen LogP contribution >= 0.6 is 23.5 Å². The number of carbonyl (C=O) groups excluding carboxylic acids is 1. The van der Waals surface area contributed by atoms with Crippen LogP contribution in [0.15, 0.2) is 90.4 Å². The number of amides is 1. The van der Waals surface area contributed by atoms with E-state index in [1.165, 1.54) is 0 Å². The van der Waals surface area contributed by atoms with Gasteiger partial charge in [0.2, 0.25) is 5.91 Å². The highest BCUT2D eigenvalue weighted by atomic mass is 32.2. The van der Waals surface area contributed by atoms with Crippen molar-refractivity contribution in [2.75, 3.05) is 0 Å². The fourth-order valence-corrected chi connectivity index (χ4v) is 5.54. The van der Waals surface area contributed by atoms with Crippen LogP contribution in [0, 0.1) is 16.2 Å². The summed E-state index contributed by atoms with van der Waals surface area (Å²) in [6.07, 6.45) is 8.55. The summed E-state index contributed by atoms with van der Waals surface area (Å²) in [5.74, 6) is -0.328. The highest BCUT2D eigenvalue weighted by Gasteiger charge is 2.12. The largest absolute Gasteiger partial charge is 0.378 e. The number of aliphatic imine (C=N–C) groups is 1. The Hall–Kier alpha value is -4.53. The van der Waals surface area contributed by atoms with Crippen LogP contribution in [-0.2, 0) is 17.6 Å². The van der Waals surface area contributed by atoms with Crippen molar-refractivity contribution in [2.24, 2.45) is 10.7 Å². The third-order valence-corrected chi connectivity index (χ3v) is 7.70. The lowest BCUT2D eigenvalue weighted by Crippen LogP contribution is -2.29. The fraction of sp³-hybridized carbons (Fsp3) is 0.233. The summed E-state index contributed by atoms with van der Waals surface area (Å²) in [6, 6.07) is 18.7. The van der Waals surface area contributed by atoms with Crippen LogP contribution in [0.1, 0.15) is 36.8 Å². The Morgan fingerprint density at radius 3 is 2.05 bits per heavy atom. The van der Waals surface area contributed by atoms with Crippen molar-refractivity contribution in [3.8, 4) is 11.4 Å². The van der Waals surface area contributed by atoms with E-state index in [2.05, 4.69) is 20.5 Å². The van der Waals surface area contributed by atoms with Crippen LogP contribution in [0.25, 0.3) is 11.4 Å². The van der Waals surface area contributed by atoms with Gasteiger partial charge in [-0.3, -0.25) is 21.0 Å². The van der Waals surface area contributed by atoms with Gasteiger partial charge >= 0.3 is 0 Å². The number of aromatic nitrogens is 4. The molecule has 2 aromatic carbocycles. The first kappa shape index (κ1) is 32.4. The predicted octanol–water partition coefficient (Wildman–Crippen LogP) is 4.51. The lowest BCUT2D eigenvalue weighted by atomic mass is 10.1. The SMILES string of the molecule is N=C(CCCCC(=N)SC(N)=NC(O)Cc1cccc(-n2cccn2)c1)SC(=N)NC(=O)Cc1cccc(-n2cccn2)c1. The molecule has 1 amide bonds. The minimum atomic E-state index is -1.04. The van der Waals surface area contributed by atoms with Gasteiger partial charge in [-0.2, -0.15) is 10.2 Å². The monoisotopic (exact) mass is 630 g/mol. The van der Waals surface area contributed by atoms with E-state index in [1.807, 2.05) is 73.1 Å². The Kier molecular flexibility index (Phi) is 12.0. The molecule has 0 aliphatic rings. The van der Waals surface area contributed by atoms with Gasteiger partial charge in [0.05, 0.1) is 27.9 Å². The lowest BCUT2D eigenvalue weighted by molar-refractivity contribution is -0.119. The number of nitrogens with zero attached hydrogens (tertiary/aromatic N) is 5. The van der Waals surface area contributed by atoms with Crippen LogP contribution < -0.4 is 11.1 Å². The van der Waals surface area contributed by atoms with Gasteiger partial charge in [0.15, 0.2) is 16.6 Å². The average molecular weight is 631 g/mol. The van der Waals surface area contributed by atoms with E-state index in [0.717, 1.165) is 46.0 Å². The maximum absolute atomic E-state index is 12.4. The number of hydrogen-bond acceptors (Lipinski definition) is 10. The number of amidine groups is 2. The Bertz CT molecular complexity index is 1600. The number of benzene rings is 2. The van der Waals surface area contributed by atoms with Crippen LogP contribution in [0.5, 0.6) is 0 Å². The van der Waals surface area contributed by atoms with Crippen molar-refractivity contribution in [2.45, 2.75) is 44.8 Å². The molecule has 228 valence electrons. The molecule has 2 heterocycles. The Labute approximate surface area is 263 Å². The van der Waals surface area contributed by atoms with E-state index in [-0.39, 0.29) is 34.1 Å². The molecule has 0 radical (unpaired) electrons. The molecule has 0 aliphatic heterocycles. The van der Waals surface area contributed by atoms with Gasteiger partial charge in [0, 0.05) is 31.2 Å². The first-order valence-corrected chi connectivity index (χ1v) is 15.5. The number of nitrogens with one attached hydrogen (secondary N) is 4. The zero-order valence-electron chi connectivity index (χ0n) is 23.9. The number of aliphatic hydroxyl groups excluding tert-OH is 1. The van der Waals surface area contributed by atoms with Crippen LogP contribution in [-0.4, -0.2) is 57.2 Å². The fourth-order valence-electron chi connectivity index (χ4n) is 4.21. The minimum absolute atomic E-state index is 0.0952. The molecule has 4 rings (SSSR count). The topological polar surface area (TPSA) is 195 Å². The number of hydrogen-bond donors (Lipinski definition) is 6. The van der Waals surface area contributed by atoms with Gasteiger partial charge < -0.3 is 16.2 Å². The smallest absolute Gasteiger partial charge is 0.230 e. The predicted molar refractivity (Wildman–Crippen MR) is 177 cm³/mol. The number of aliphatic hydroxyl groups is 1. The quantitative estimate of drug-likeness (QED) is 0.0752. The molecule has 14 heteroatoms. The molecular weight excluding hydrogens is 597 g/mol. The highest BCUT2D eigenvalue weighted by molar-refractivity contribution is 8.26. The van der Waals surface area contributed by atoms with Crippen molar-refractivity contribution < 1.29 is 9.90 Å². The Morgan fingerprint density at radius 1 is 0.886 bits per heavy atom. The van der Waals surface area contributed by atoms with Crippen molar-refractivity contribution in [1.29, 1.82) is 16.2 Å². The summed E-state index contributed by atoms with van der Waals surface area (Å²) in [6.45, 7) is 0. The molecule has 0 fully saturated rings. The van der Waals surface area contributed by atoms with Gasteiger partial charge in [-0.1, -0.05) is 24.3 Å². The van der Waals surface area contributed by atoms with Crippen LogP contribution in [0.4, 0.5) is 0 Å². The van der Waals surface area contributed by atoms with Gasteiger partial charge in [0.25, 0.3) is 0 Å². The maximum Gasteiger partial charge on any atom is 0.230 e. The van der Waals surface area contributed by atoms with Gasteiger partial charge in [-0.05, 0) is 96.7 Å². The van der Waals surface area contributed by atoms with E-state index in [0.29, 0.717) is 30.7 Å². The number of nitrogens with two attached hydrogens (primary N) is 1. The molecule has 1 unspecified atom stereocenters. The first-order chi connectivity index (χ1) is 21.2. The second-order valence-corrected chi connectivity index (χ2v) is 11.9. The number of unbranched alkanes of at least 4 members (excludes halogenated alkanes) is 1. The highest BCUT2D eigenvalue weighted by Crippen LogP contribution is 2.16. The number of rotatable bonds is 12. The van der Waals surface area contributed by atoms with E-state index in [9.17, 15) is 9.90 Å². The van der Waals surface area contributed by atoms with Gasteiger partial charge in [0.1, 0.15) is 0 Å². The normalized spacial score (nSPS) is 12.1. The molecule has 0 aliphatic carbocycles. The van der Waals surface area contributed by atoms with E-state index in [1.54, 1.807) is 21.8 Å². The Balaban J connectivity index is 1.10. The molecule has 7 N–H and O–H groups in total. The molecule has 0 saturated heterocycles. The standard InChI is InChI=1S/C30H34N10O2S2/c31-25(43-29(33)37-27(41)19-21-7-3-9-23(17-21)39-15-5-13-35-39)11-1-2-12-26(32)44-30(34)38-28(42)20-22-8-4-10-24(18-22)40-16-6-14-36-40/h3-10,13-18,27,31-32,41H,1-2,11-12,19-20H2,(H2,33,37)(H2,34,38,42). The lowest BCUT2D eigenvalue weighted by Gasteiger charge is -2.10. The van der Waals surface area contributed by atoms with Crippen molar-refractivity contribution in [3.63, 3.8) is 0 Å². The Morgan fingerprint density at radius 2 is 1.45 bits per heavy atom. The molecule has 2 aromatic heterocycles. The average Bonchev–Trinajstić information content (AvgIpc) is 3.71. The molecule has 12 nitrogen and oxygen atoms in total. The summed E-state index contributed by atoms with van der Waals surface area (Å²) in [4.78, 5) is 16.5. The van der Waals surface area contributed by atoms with Crippen molar-refractivity contribution in [1.82, 2.24) is 24.9 Å². The minimum Gasteiger partial charge on any atom is -0.378 e. The molecule has 0 bridgehead atoms. The summed E-state index contributed by atoms with van der Waals surface area (Å²) < 4.78 is 3.44. The third kappa shape index (κ3) is 10.6. The first-order valence-electron chi connectivity index (χ1n) is 13.8. The summed E-state index contributed by atoms with van der Waals surface area (Å²) in [5.41, 5.74) is 9.35. The second-order valence-electron chi connectivity index (χ2n) is 9.70. The van der Waals surface area contributed by atoms with Gasteiger partial charge in [-0.25, -0.2) is 14.4 Å². The van der Waals surface area contributed by atoms with Gasteiger partial charge in [-0.15, -0.1) is 0 Å². The molecular formula is C30H34N10O2S2. The van der Waals surface area contributed by atoms with E-state index in [4.69, 9.17) is 22.0 Å². The zero-order chi connectivity index (χ0) is 31.3. The van der Waals surface area contributed by atoms with Crippen LogP contribution in [0.2, 0.25) is 0 Å². The van der Waals surface area contributed by atoms with E-state index < -0.39 is 6.23 Å². The molecule has 4 aromatic rings. The van der Waals surface area contributed by atoms with Crippen molar-refractivity contribution in [3.05, 3.63) is 96.6 Å². The molecule has 0 saturated carbocycles. The number of carbonyl (C=O) groups is 1. The number of thioether (sulfide) groups is 2. The summed E-state index contributed by atoms with van der Waals surface area (Å²) in [7, 11) is 0. The molecule has 0 spiro atoms. The summed E-state index contributed by atoms with van der Waals surface area (Å²) >= 11 is 1.91. The second kappa shape index (κ2) is 16.4. The van der Waals surface area contributed by atoms with E-state index >= 15 is 0 Å². The summed E-state index contributed by atoms with van der Waals surface area (Å²) in [5, 5.41) is 46.3. The van der Waals surface area contributed by atoms with Crippen molar-refractivity contribution >= 4 is 49.9 Å². The molecule has 44 heavy (non-hydrogen) atoms. The molecule has 1 atom stereocenters. The maximum atomic E-state index is 12.4. The third-order valence-electron chi connectivity index (χ3n) is 6.18. The zero-order valence-corrected chi connectivity index (χ0v) is 25.5. The van der Waals surface area contributed by atoms with Crippen LogP contribution in [0.3, 0.4) is 0 Å².